The van der Waals surface area contributed by atoms with Gasteiger partial charge in [-0.25, -0.2) is 13.2 Å². The number of carbonyl (C=O) groups excluding carboxylic acids is 1. The van der Waals surface area contributed by atoms with E-state index in [0.717, 1.165) is 18.2 Å². The SMILES string of the molecule is COC(=O)C(C)(C)OCC#Cc1cc(C(F)(F)F)ccc1NS(=O)(=O)c1cc(C)cc(C)c1. The molecular formula is C23H24F3NO5S. The van der Waals surface area contributed by atoms with Crippen molar-refractivity contribution in [2.45, 2.75) is 44.4 Å². The molecule has 0 radical (unpaired) electrons. The molecule has 0 amide bonds. The standard InChI is InChI=1S/C23H24F3NO5S/c1-15-11-16(2)13-19(12-15)33(29,30)27-20-9-8-18(23(24,25)26)14-17(20)7-6-10-32-22(3,4)21(28)31-5/h8-9,11-14,27H,10H2,1-5H3. The molecule has 0 bridgehead atoms. The Morgan fingerprint density at radius 3 is 2.21 bits per heavy atom. The van der Waals surface area contributed by atoms with Gasteiger partial charge in [0.15, 0.2) is 5.60 Å². The van der Waals surface area contributed by atoms with Crippen molar-refractivity contribution in [3.63, 3.8) is 0 Å². The van der Waals surface area contributed by atoms with Gasteiger partial charge in [0.25, 0.3) is 10.0 Å². The van der Waals surface area contributed by atoms with Crippen LogP contribution in [0.1, 0.15) is 36.1 Å². The van der Waals surface area contributed by atoms with E-state index in [9.17, 15) is 26.4 Å². The van der Waals surface area contributed by atoms with Gasteiger partial charge in [-0.3, -0.25) is 4.72 Å². The number of sulfonamides is 1. The highest BCUT2D eigenvalue weighted by molar-refractivity contribution is 7.92. The maximum absolute atomic E-state index is 13.2. The highest BCUT2D eigenvalue weighted by Gasteiger charge is 2.31. The van der Waals surface area contributed by atoms with Gasteiger partial charge >= 0.3 is 12.1 Å². The van der Waals surface area contributed by atoms with Gasteiger partial charge in [-0.2, -0.15) is 13.2 Å². The van der Waals surface area contributed by atoms with Gasteiger partial charge in [0, 0.05) is 5.56 Å². The molecule has 0 aliphatic rings. The normalized spacial score (nSPS) is 12.0. The maximum atomic E-state index is 13.2. The Balaban J connectivity index is 2.41. The predicted molar refractivity (Wildman–Crippen MR) is 117 cm³/mol. The van der Waals surface area contributed by atoms with Crippen molar-refractivity contribution in [1.29, 1.82) is 0 Å². The molecule has 2 aromatic rings. The van der Waals surface area contributed by atoms with E-state index in [2.05, 4.69) is 21.3 Å². The summed E-state index contributed by atoms with van der Waals surface area (Å²) in [6.07, 6.45) is -4.65. The minimum Gasteiger partial charge on any atom is -0.467 e. The van der Waals surface area contributed by atoms with Gasteiger partial charge in [0.2, 0.25) is 0 Å². The number of ether oxygens (including phenoxy) is 2. The number of benzene rings is 2. The molecule has 0 unspecified atom stereocenters. The third kappa shape index (κ3) is 6.97. The third-order valence-corrected chi connectivity index (χ3v) is 5.85. The van der Waals surface area contributed by atoms with E-state index in [1.54, 1.807) is 19.9 Å². The smallest absolute Gasteiger partial charge is 0.416 e. The van der Waals surface area contributed by atoms with Gasteiger partial charge in [0.1, 0.15) is 6.61 Å². The number of hydrogen-bond donors (Lipinski definition) is 1. The summed E-state index contributed by atoms with van der Waals surface area (Å²) in [6.45, 7) is 6.07. The minimum atomic E-state index is -4.65. The average Bonchev–Trinajstić information content (AvgIpc) is 2.69. The summed E-state index contributed by atoms with van der Waals surface area (Å²) in [5, 5.41) is 0. The average molecular weight is 484 g/mol. The lowest BCUT2D eigenvalue weighted by atomic mass is 10.1. The molecule has 1 N–H and O–H groups in total. The molecular weight excluding hydrogens is 459 g/mol. The number of alkyl halides is 3. The molecule has 0 spiro atoms. The molecule has 0 aromatic heterocycles. The lowest BCUT2D eigenvalue weighted by Gasteiger charge is -2.20. The van der Waals surface area contributed by atoms with E-state index >= 15 is 0 Å². The van der Waals surface area contributed by atoms with Crippen LogP contribution in [-0.2, 0) is 30.5 Å². The van der Waals surface area contributed by atoms with E-state index in [4.69, 9.17) is 4.74 Å². The second-order valence-electron chi connectivity index (χ2n) is 7.78. The van der Waals surface area contributed by atoms with Gasteiger partial charge in [-0.05, 0) is 69.2 Å². The minimum absolute atomic E-state index is 0.0260. The zero-order chi connectivity index (χ0) is 25.0. The van der Waals surface area contributed by atoms with E-state index < -0.39 is 33.3 Å². The highest BCUT2D eigenvalue weighted by atomic mass is 32.2. The number of methoxy groups -OCH3 is 1. The lowest BCUT2D eigenvalue weighted by molar-refractivity contribution is -0.163. The zero-order valence-corrected chi connectivity index (χ0v) is 19.6. The van der Waals surface area contributed by atoms with Crippen molar-refractivity contribution in [1.82, 2.24) is 0 Å². The molecule has 0 atom stereocenters. The van der Waals surface area contributed by atoms with Crippen LogP contribution in [0, 0.1) is 25.7 Å². The topological polar surface area (TPSA) is 81.7 Å². The summed E-state index contributed by atoms with van der Waals surface area (Å²) in [5.74, 6) is 4.37. The van der Waals surface area contributed by atoms with E-state index in [1.165, 1.54) is 33.1 Å². The van der Waals surface area contributed by atoms with Gasteiger partial charge in [0.05, 0.1) is 23.3 Å². The van der Waals surface area contributed by atoms with Crippen LogP contribution in [0.2, 0.25) is 0 Å². The van der Waals surface area contributed by atoms with Crippen molar-refractivity contribution >= 4 is 21.7 Å². The highest BCUT2D eigenvalue weighted by Crippen LogP contribution is 2.32. The molecule has 33 heavy (non-hydrogen) atoms. The van der Waals surface area contributed by atoms with Gasteiger partial charge in [-0.15, -0.1) is 0 Å². The fourth-order valence-corrected chi connectivity index (χ4v) is 4.12. The molecule has 178 valence electrons. The molecule has 0 saturated heterocycles. The van der Waals surface area contributed by atoms with Crippen molar-refractivity contribution in [2.75, 3.05) is 18.4 Å². The van der Waals surface area contributed by atoms with Crippen LogP contribution < -0.4 is 4.72 Å². The lowest BCUT2D eigenvalue weighted by Crippen LogP contribution is -2.36. The number of hydrogen-bond acceptors (Lipinski definition) is 5. The number of halogens is 3. The van der Waals surface area contributed by atoms with Crippen LogP contribution in [0.25, 0.3) is 0 Å². The number of anilines is 1. The van der Waals surface area contributed by atoms with E-state index in [-0.39, 0.29) is 22.8 Å². The predicted octanol–water partition coefficient (Wildman–Crippen LogP) is 4.44. The Bertz CT molecular complexity index is 1190. The molecule has 2 aromatic carbocycles. The third-order valence-electron chi connectivity index (χ3n) is 4.50. The van der Waals surface area contributed by atoms with Crippen molar-refractivity contribution in [2.24, 2.45) is 0 Å². The fourth-order valence-electron chi connectivity index (χ4n) is 2.86. The summed E-state index contributed by atoms with van der Waals surface area (Å²) in [7, 11) is -2.90. The second kappa shape index (κ2) is 9.85. The van der Waals surface area contributed by atoms with Gasteiger partial charge in [-0.1, -0.05) is 17.9 Å². The molecule has 0 saturated carbocycles. The van der Waals surface area contributed by atoms with Gasteiger partial charge < -0.3 is 9.47 Å². The van der Waals surface area contributed by atoms with Crippen LogP contribution >= 0.6 is 0 Å². The Morgan fingerprint density at radius 2 is 1.67 bits per heavy atom. The second-order valence-corrected chi connectivity index (χ2v) is 9.46. The summed E-state index contributed by atoms with van der Waals surface area (Å²) < 4.78 is 77.5. The quantitative estimate of drug-likeness (QED) is 0.485. The first-order chi connectivity index (χ1) is 15.2. The van der Waals surface area contributed by atoms with Crippen LogP contribution in [0.5, 0.6) is 0 Å². The van der Waals surface area contributed by atoms with Crippen LogP contribution in [-0.4, -0.2) is 33.7 Å². The summed E-state index contributed by atoms with van der Waals surface area (Å²) in [4.78, 5) is 11.6. The molecule has 2 rings (SSSR count). The number of esters is 1. The largest absolute Gasteiger partial charge is 0.467 e. The van der Waals surface area contributed by atoms with E-state index in [0.29, 0.717) is 11.1 Å². The fraction of sp³-hybridized carbons (Fsp3) is 0.348. The van der Waals surface area contributed by atoms with Crippen LogP contribution in [0.15, 0.2) is 41.3 Å². The molecule has 10 heteroatoms. The summed E-state index contributed by atoms with van der Waals surface area (Å²) in [6, 6.07) is 7.22. The number of aryl methyl sites for hydroxylation is 2. The van der Waals surface area contributed by atoms with Crippen LogP contribution in [0.3, 0.4) is 0 Å². The first kappa shape index (κ1) is 26.2. The van der Waals surface area contributed by atoms with Crippen molar-refractivity contribution < 1.29 is 35.9 Å². The maximum Gasteiger partial charge on any atom is 0.416 e. The van der Waals surface area contributed by atoms with Crippen molar-refractivity contribution in [3.8, 4) is 11.8 Å². The summed E-state index contributed by atoms with van der Waals surface area (Å²) >= 11 is 0. The number of rotatable bonds is 6. The van der Waals surface area contributed by atoms with Crippen LogP contribution in [0.4, 0.5) is 18.9 Å². The number of carbonyl (C=O) groups is 1. The zero-order valence-electron chi connectivity index (χ0n) is 18.8. The first-order valence-electron chi connectivity index (χ1n) is 9.69. The monoisotopic (exact) mass is 483 g/mol. The molecule has 0 fully saturated rings. The Hall–Kier alpha value is -3.03. The van der Waals surface area contributed by atoms with Crippen molar-refractivity contribution in [3.05, 3.63) is 58.7 Å². The summed E-state index contributed by atoms with van der Waals surface area (Å²) in [5.41, 5.74) is -1.19. The number of nitrogens with one attached hydrogen (secondary N) is 1. The Labute approximate surface area is 191 Å². The molecule has 0 aliphatic heterocycles. The molecule has 0 heterocycles. The molecule has 6 nitrogen and oxygen atoms in total. The Kier molecular flexibility index (Phi) is 7.83. The van der Waals surface area contributed by atoms with E-state index in [1.807, 2.05) is 0 Å². The Morgan fingerprint density at radius 1 is 1.06 bits per heavy atom. The first-order valence-corrected chi connectivity index (χ1v) is 11.2. The molecule has 0 aliphatic carbocycles.